The number of ether oxygens (including phenoxy) is 2. The van der Waals surface area contributed by atoms with Crippen LogP contribution in [0.5, 0.6) is 11.5 Å². The van der Waals surface area contributed by atoms with Crippen LogP contribution in [0.2, 0.25) is 0 Å². The van der Waals surface area contributed by atoms with E-state index in [2.05, 4.69) is 0 Å². The van der Waals surface area contributed by atoms with Gasteiger partial charge < -0.3 is 9.47 Å². The zero-order valence-corrected chi connectivity index (χ0v) is 14.5. The molecule has 0 aliphatic rings. The Morgan fingerprint density at radius 2 is 1.25 bits per heavy atom. The number of aryl methyl sites for hydroxylation is 4. The van der Waals surface area contributed by atoms with Crippen molar-refractivity contribution in [2.45, 2.75) is 40.5 Å². The second kappa shape index (κ2) is 7.77. The first-order valence-corrected chi connectivity index (χ1v) is 7.90. The van der Waals surface area contributed by atoms with E-state index >= 15 is 0 Å². The lowest BCUT2D eigenvalue weighted by molar-refractivity contribution is -0.140. The van der Waals surface area contributed by atoms with Crippen LogP contribution in [-0.4, -0.2) is 11.9 Å². The van der Waals surface area contributed by atoms with Crippen LogP contribution >= 0.6 is 0 Å². The van der Waals surface area contributed by atoms with E-state index < -0.39 is 11.9 Å². The lowest BCUT2D eigenvalue weighted by Crippen LogP contribution is -2.14. The zero-order chi connectivity index (χ0) is 17.7. The van der Waals surface area contributed by atoms with Crippen molar-refractivity contribution < 1.29 is 19.1 Å². The fraction of sp³-hybridized carbons (Fsp3) is 0.300. The fourth-order valence-electron chi connectivity index (χ4n) is 2.34. The minimum atomic E-state index is -0.448. The van der Waals surface area contributed by atoms with Crippen LogP contribution in [0, 0.1) is 27.7 Å². The first kappa shape index (κ1) is 17.7. The lowest BCUT2D eigenvalue weighted by Gasteiger charge is -2.08. The maximum atomic E-state index is 11.9. The zero-order valence-electron chi connectivity index (χ0n) is 14.5. The molecule has 0 aromatic heterocycles. The summed E-state index contributed by atoms with van der Waals surface area (Å²) < 4.78 is 10.5. The van der Waals surface area contributed by atoms with Crippen LogP contribution in [0.4, 0.5) is 0 Å². The van der Waals surface area contributed by atoms with Gasteiger partial charge in [-0.05, 0) is 74.2 Å². The van der Waals surface area contributed by atoms with Crippen LogP contribution in [-0.2, 0) is 9.59 Å². The minimum Gasteiger partial charge on any atom is -0.427 e. The summed E-state index contributed by atoms with van der Waals surface area (Å²) in [4.78, 5) is 23.7. The SMILES string of the molecule is Cc1cc(C)cc(OC(=O)CCC(=O)Oc2ccc(C)c(C)c2)c1. The van der Waals surface area contributed by atoms with Gasteiger partial charge in [-0.25, -0.2) is 0 Å². The van der Waals surface area contributed by atoms with E-state index in [1.807, 2.05) is 39.8 Å². The molecule has 126 valence electrons. The van der Waals surface area contributed by atoms with E-state index in [0.717, 1.165) is 22.3 Å². The molecule has 0 heterocycles. The van der Waals surface area contributed by atoms with Crippen LogP contribution in [0.3, 0.4) is 0 Å². The van der Waals surface area contributed by atoms with E-state index in [9.17, 15) is 9.59 Å². The van der Waals surface area contributed by atoms with Crippen molar-refractivity contribution >= 4 is 11.9 Å². The summed E-state index contributed by atoms with van der Waals surface area (Å²) in [7, 11) is 0. The molecule has 0 fully saturated rings. The average Bonchev–Trinajstić information content (AvgIpc) is 2.48. The number of carbonyl (C=O) groups excluding carboxylic acids is 2. The Morgan fingerprint density at radius 1 is 0.708 bits per heavy atom. The Balaban J connectivity index is 1.84. The summed E-state index contributed by atoms with van der Waals surface area (Å²) in [5, 5.41) is 0. The van der Waals surface area contributed by atoms with E-state index in [4.69, 9.17) is 9.47 Å². The molecule has 0 atom stereocenters. The first-order chi connectivity index (χ1) is 11.3. The van der Waals surface area contributed by atoms with Gasteiger partial charge in [-0.15, -0.1) is 0 Å². The quantitative estimate of drug-likeness (QED) is 0.610. The predicted octanol–water partition coefficient (Wildman–Crippen LogP) is 4.21. The Hall–Kier alpha value is -2.62. The van der Waals surface area contributed by atoms with E-state index in [1.54, 1.807) is 24.3 Å². The maximum absolute atomic E-state index is 11.9. The van der Waals surface area contributed by atoms with Gasteiger partial charge in [-0.2, -0.15) is 0 Å². The van der Waals surface area contributed by atoms with Crippen molar-refractivity contribution in [1.29, 1.82) is 0 Å². The highest BCUT2D eigenvalue weighted by Gasteiger charge is 2.12. The highest BCUT2D eigenvalue weighted by molar-refractivity contribution is 5.80. The standard InChI is InChI=1S/C20H22O4/c1-13-9-14(2)11-18(10-13)24-20(22)8-7-19(21)23-17-6-5-15(3)16(4)12-17/h5-6,9-12H,7-8H2,1-4H3. The summed E-state index contributed by atoms with van der Waals surface area (Å²) in [6, 6.07) is 11.0. The van der Waals surface area contributed by atoms with Gasteiger partial charge in [0.05, 0.1) is 12.8 Å². The minimum absolute atomic E-state index is 0.0172. The molecule has 0 aliphatic carbocycles. The van der Waals surface area contributed by atoms with Crippen molar-refractivity contribution in [2.75, 3.05) is 0 Å². The van der Waals surface area contributed by atoms with E-state index in [-0.39, 0.29) is 12.8 Å². The summed E-state index contributed by atoms with van der Waals surface area (Å²) >= 11 is 0. The molecule has 24 heavy (non-hydrogen) atoms. The number of hydrogen-bond donors (Lipinski definition) is 0. The normalized spacial score (nSPS) is 10.3. The molecule has 2 aromatic rings. The summed E-state index contributed by atoms with van der Waals surface area (Å²) in [5.41, 5.74) is 4.22. The van der Waals surface area contributed by atoms with E-state index in [0.29, 0.717) is 11.5 Å². The molecule has 4 nitrogen and oxygen atoms in total. The smallest absolute Gasteiger partial charge is 0.311 e. The van der Waals surface area contributed by atoms with Gasteiger partial charge in [0.1, 0.15) is 11.5 Å². The number of benzene rings is 2. The van der Waals surface area contributed by atoms with Gasteiger partial charge in [0.2, 0.25) is 0 Å². The molecule has 0 N–H and O–H groups in total. The van der Waals surface area contributed by atoms with Gasteiger partial charge in [-0.1, -0.05) is 12.1 Å². The monoisotopic (exact) mass is 326 g/mol. The van der Waals surface area contributed by atoms with Gasteiger partial charge in [0.15, 0.2) is 0 Å². The molecule has 0 amide bonds. The van der Waals surface area contributed by atoms with E-state index in [1.165, 1.54) is 0 Å². The Morgan fingerprint density at radius 3 is 1.79 bits per heavy atom. The molecule has 0 spiro atoms. The molecule has 0 saturated heterocycles. The molecule has 4 heteroatoms. The Kier molecular flexibility index (Phi) is 5.74. The van der Waals surface area contributed by atoms with Gasteiger partial charge >= 0.3 is 11.9 Å². The van der Waals surface area contributed by atoms with Crippen molar-refractivity contribution in [3.63, 3.8) is 0 Å². The number of rotatable bonds is 5. The third-order valence-corrected chi connectivity index (χ3v) is 3.67. The predicted molar refractivity (Wildman–Crippen MR) is 92.3 cm³/mol. The molecule has 2 aromatic carbocycles. The van der Waals surface area contributed by atoms with Crippen molar-refractivity contribution in [3.05, 3.63) is 58.7 Å². The molecule has 0 aliphatic heterocycles. The van der Waals surface area contributed by atoms with Gasteiger partial charge in [-0.3, -0.25) is 9.59 Å². The molecular formula is C20H22O4. The van der Waals surface area contributed by atoms with Gasteiger partial charge in [0, 0.05) is 0 Å². The second-order valence-corrected chi connectivity index (χ2v) is 6.02. The van der Waals surface area contributed by atoms with Crippen LogP contribution < -0.4 is 9.47 Å². The molecular weight excluding hydrogens is 304 g/mol. The van der Waals surface area contributed by atoms with Crippen molar-refractivity contribution in [3.8, 4) is 11.5 Å². The summed E-state index contributed by atoms with van der Waals surface area (Å²) in [6.07, 6.45) is -0.0345. The maximum Gasteiger partial charge on any atom is 0.311 e. The highest BCUT2D eigenvalue weighted by atomic mass is 16.5. The van der Waals surface area contributed by atoms with Crippen LogP contribution in [0.15, 0.2) is 36.4 Å². The summed E-state index contributed by atoms with van der Waals surface area (Å²) in [6.45, 7) is 7.81. The molecule has 0 saturated carbocycles. The van der Waals surface area contributed by atoms with Gasteiger partial charge in [0.25, 0.3) is 0 Å². The molecule has 0 radical (unpaired) electrons. The third kappa shape index (κ3) is 5.23. The van der Waals surface area contributed by atoms with Crippen molar-refractivity contribution in [1.82, 2.24) is 0 Å². The molecule has 2 rings (SSSR count). The van der Waals surface area contributed by atoms with Crippen LogP contribution in [0.1, 0.15) is 35.1 Å². The first-order valence-electron chi connectivity index (χ1n) is 7.90. The Labute approximate surface area is 142 Å². The lowest BCUT2D eigenvalue weighted by atomic mass is 10.1. The number of esters is 2. The third-order valence-electron chi connectivity index (χ3n) is 3.67. The number of carbonyl (C=O) groups is 2. The molecule has 0 unspecified atom stereocenters. The Bertz CT molecular complexity index is 742. The summed E-state index contributed by atoms with van der Waals surface area (Å²) in [5.74, 6) is 0.0958. The second-order valence-electron chi connectivity index (χ2n) is 6.02. The average molecular weight is 326 g/mol. The van der Waals surface area contributed by atoms with Crippen molar-refractivity contribution in [2.24, 2.45) is 0 Å². The largest absolute Gasteiger partial charge is 0.427 e. The fourth-order valence-corrected chi connectivity index (χ4v) is 2.34. The highest BCUT2D eigenvalue weighted by Crippen LogP contribution is 2.18. The topological polar surface area (TPSA) is 52.6 Å². The molecule has 0 bridgehead atoms. The van der Waals surface area contributed by atoms with Crippen LogP contribution in [0.25, 0.3) is 0 Å². The number of hydrogen-bond acceptors (Lipinski definition) is 4.